The van der Waals surface area contributed by atoms with Crippen LogP contribution in [0.3, 0.4) is 0 Å². The smallest absolute Gasteiger partial charge is 0.352 e. The number of carbonyl (C=O) groups excluding carboxylic acids is 2. The molecule has 1 unspecified atom stereocenters. The zero-order valence-corrected chi connectivity index (χ0v) is 28.2. The number of rotatable bonds is 7. The number of pyridine rings is 1. The number of piperidine rings is 1. The first-order chi connectivity index (χ1) is 22.0. The van der Waals surface area contributed by atoms with Crippen molar-refractivity contribution in [1.29, 1.82) is 0 Å². The Labute approximate surface area is 280 Å². The molecule has 1 aromatic carbocycles. The second-order valence-electron chi connectivity index (χ2n) is 13.3. The van der Waals surface area contributed by atoms with Crippen LogP contribution in [0.4, 0.5) is 35.0 Å². The normalized spacial score (nSPS) is 20.7. The SMILES string of the molecule is Cn1c(Nc2c(Cl)ccc(CNC(=O)C(C)(C)C)c2Cl)nc2cc(C(=O)N[C@H]3CC[C@H](C(F)(F)F)CC3)c(N3CCCCC3F)nc21. The lowest BCUT2D eigenvalue weighted by Crippen LogP contribution is -2.42. The molecule has 2 fully saturated rings. The zero-order valence-electron chi connectivity index (χ0n) is 26.7. The molecule has 2 aliphatic rings. The summed E-state index contributed by atoms with van der Waals surface area (Å²) in [7, 11) is 1.70. The van der Waals surface area contributed by atoms with Crippen molar-refractivity contribution in [2.45, 2.75) is 90.8 Å². The number of alkyl halides is 4. The molecule has 0 radical (unpaired) electrons. The fourth-order valence-corrected chi connectivity index (χ4v) is 6.49. The van der Waals surface area contributed by atoms with Crippen molar-refractivity contribution in [3.05, 3.63) is 39.4 Å². The van der Waals surface area contributed by atoms with E-state index < -0.39 is 35.8 Å². The number of nitrogens with one attached hydrogen (secondary N) is 3. The van der Waals surface area contributed by atoms with Gasteiger partial charge in [0.25, 0.3) is 5.91 Å². The minimum atomic E-state index is -4.26. The number of halogens is 6. The molecule has 5 rings (SSSR count). The molecule has 1 aliphatic heterocycles. The van der Waals surface area contributed by atoms with Crippen LogP contribution in [-0.4, -0.2) is 51.4 Å². The molecule has 1 aliphatic carbocycles. The number of hydrogen-bond acceptors (Lipinski definition) is 6. The third-order valence-corrected chi connectivity index (χ3v) is 9.57. The Morgan fingerprint density at radius 1 is 1.02 bits per heavy atom. The molecule has 3 heterocycles. The Bertz CT molecular complexity index is 1650. The van der Waals surface area contributed by atoms with Gasteiger partial charge in [0, 0.05) is 31.6 Å². The molecular weight excluding hydrogens is 661 g/mol. The van der Waals surface area contributed by atoms with E-state index in [2.05, 4.69) is 20.9 Å². The van der Waals surface area contributed by atoms with Crippen LogP contribution in [0.15, 0.2) is 18.2 Å². The number of imidazole rings is 1. The van der Waals surface area contributed by atoms with Crippen molar-refractivity contribution in [3.63, 3.8) is 0 Å². The predicted molar refractivity (Wildman–Crippen MR) is 175 cm³/mol. The molecule has 15 heteroatoms. The summed E-state index contributed by atoms with van der Waals surface area (Å²) >= 11 is 13.3. The second-order valence-corrected chi connectivity index (χ2v) is 14.1. The summed E-state index contributed by atoms with van der Waals surface area (Å²) in [6, 6.07) is 4.45. The quantitative estimate of drug-likeness (QED) is 0.172. The van der Waals surface area contributed by atoms with Crippen LogP contribution in [0.1, 0.15) is 81.6 Å². The van der Waals surface area contributed by atoms with Crippen LogP contribution in [0, 0.1) is 11.3 Å². The summed E-state index contributed by atoms with van der Waals surface area (Å²) in [4.78, 5) is 36.9. The third kappa shape index (κ3) is 7.72. The van der Waals surface area contributed by atoms with E-state index in [1.165, 1.54) is 11.0 Å². The van der Waals surface area contributed by atoms with Crippen molar-refractivity contribution in [2.75, 3.05) is 16.8 Å². The number of carbonyl (C=O) groups is 2. The van der Waals surface area contributed by atoms with Crippen molar-refractivity contribution in [3.8, 4) is 0 Å². The van der Waals surface area contributed by atoms with E-state index in [0.717, 1.165) is 0 Å². The lowest BCUT2D eigenvalue weighted by Gasteiger charge is -2.33. The largest absolute Gasteiger partial charge is 0.391 e. The van der Waals surface area contributed by atoms with Crippen LogP contribution >= 0.6 is 23.2 Å². The molecule has 0 bridgehead atoms. The number of aryl methyl sites for hydroxylation is 1. The van der Waals surface area contributed by atoms with Crippen molar-refractivity contribution in [1.82, 2.24) is 25.2 Å². The summed E-state index contributed by atoms with van der Waals surface area (Å²) in [5, 5.41) is 9.47. The fraction of sp³-hybridized carbons (Fsp3) is 0.562. The van der Waals surface area contributed by atoms with Gasteiger partial charge in [-0.1, -0.05) is 50.0 Å². The number of benzene rings is 1. The highest BCUT2D eigenvalue weighted by Crippen LogP contribution is 2.39. The highest BCUT2D eigenvalue weighted by molar-refractivity contribution is 6.39. The molecule has 1 saturated carbocycles. The van der Waals surface area contributed by atoms with Crippen molar-refractivity contribution < 1.29 is 27.2 Å². The molecule has 3 aromatic rings. The van der Waals surface area contributed by atoms with E-state index in [1.54, 1.807) is 44.5 Å². The first-order valence-electron chi connectivity index (χ1n) is 15.7. The highest BCUT2D eigenvalue weighted by Gasteiger charge is 2.42. The van der Waals surface area contributed by atoms with Gasteiger partial charge in [-0.2, -0.15) is 13.2 Å². The Balaban J connectivity index is 1.45. The molecule has 2 aromatic heterocycles. The lowest BCUT2D eigenvalue weighted by molar-refractivity contribution is -0.182. The summed E-state index contributed by atoms with van der Waals surface area (Å²) in [5.41, 5.74) is 1.18. The van der Waals surface area contributed by atoms with E-state index >= 15 is 4.39 Å². The number of aromatic nitrogens is 3. The van der Waals surface area contributed by atoms with E-state index in [1.807, 2.05) is 0 Å². The first kappa shape index (κ1) is 35.0. The maximum absolute atomic E-state index is 15.2. The van der Waals surface area contributed by atoms with Crippen LogP contribution in [0.5, 0.6) is 0 Å². The van der Waals surface area contributed by atoms with Crippen LogP contribution in [-0.2, 0) is 18.4 Å². The molecule has 47 heavy (non-hydrogen) atoms. The molecular formula is C32H39Cl2F4N7O2. The summed E-state index contributed by atoms with van der Waals surface area (Å²) in [5.74, 6) is -1.63. The first-order valence-corrected chi connectivity index (χ1v) is 16.5. The van der Waals surface area contributed by atoms with Crippen LogP contribution < -0.4 is 20.9 Å². The van der Waals surface area contributed by atoms with E-state index in [4.69, 9.17) is 28.2 Å². The summed E-state index contributed by atoms with van der Waals surface area (Å²) in [6.07, 6.45) is -3.68. The van der Waals surface area contributed by atoms with Gasteiger partial charge >= 0.3 is 6.18 Å². The minimum absolute atomic E-state index is 0.0676. The van der Waals surface area contributed by atoms with E-state index in [-0.39, 0.29) is 66.9 Å². The number of anilines is 3. The molecule has 9 nitrogen and oxygen atoms in total. The van der Waals surface area contributed by atoms with Crippen LogP contribution in [0.25, 0.3) is 11.2 Å². The van der Waals surface area contributed by atoms with E-state index in [0.29, 0.717) is 46.8 Å². The molecule has 1 saturated heterocycles. The molecule has 2 amide bonds. The Hall–Kier alpha value is -3.32. The highest BCUT2D eigenvalue weighted by atomic mass is 35.5. The van der Waals surface area contributed by atoms with Gasteiger partial charge in [0.1, 0.15) is 11.3 Å². The maximum atomic E-state index is 15.2. The molecule has 0 spiro atoms. The monoisotopic (exact) mass is 699 g/mol. The zero-order chi connectivity index (χ0) is 34.3. The number of nitrogens with zero attached hydrogens (tertiary/aromatic N) is 4. The average molecular weight is 701 g/mol. The van der Waals surface area contributed by atoms with Gasteiger partial charge in [0.05, 0.1) is 27.2 Å². The van der Waals surface area contributed by atoms with Crippen molar-refractivity contribution in [2.24, 2.45) is 18.4 Å². The van der Waals surface area contributed by atoms with Crippen LogP contribution in [0.2, 0.25) is 10.0 Å². The van der Waals surface area contributed by atoms with Gasteiger partial charge in [-0.25, -0.2) is 14.4 Å². The molecule has 3 N–H and O–H groups in total. The van der Waals surface area contributed by atoms with Gasteiger partial charge in [0.2, 0.25) is 11.9 Å². The van der Waals surface area contributed by atoms with Gasteiger partial charge < -0.3 is 20.9 Å². The number of hydrogen-bond donors (Lipinski definition) is 3. The Morgan fingerprint density at radius 2 is 1.72 bits per heavy atom. The standard InChI is InChI=1S/C32H39Cl2F4N7O2/c1-31(2,3)29(47)39-16-17-8-13-21(33)25(24(17)34)42-30-41-22-15-20(28(46)40-19-11-9-18(10-12-19)32(36,37)38)26(43-27(22)44(30)4)45-14-6-5-7-23(45)35/h8,13,15,18-19,23H,5-7,9-12,14,16H2,1-4H3,(H,39,47)(H,40,46)(H,41,42)/t18-,19-,23?. The Kier molecular flexibility index (Phi) is 10.2. The van der Waals surface area contributed by atoms with Gasteiger partial charge in [-0.05, 0) is 62.6 Å². The fourth-order valence-electron chi connectivity index (χ4n) is 5.96. The van der Waals surface area contributed by atoms with Crippen molar-refractivity contribution >= 4 is 63.6 Å². The topological polar surface area (TPSA) is 104 Å². The third-order valence-electron chi connectivity index (χ3n) is 8.82. The molecule has 1 atom stereocenters. The molecule has 256 valence electrons. The van der Waals surface area contributed by atoms with E-state index in [9.17, 15) is 22.8 Å². The number of amides is 2. The summed E-state index contributed by atoms with van der Waals surface area (Å²) < 4.78 is 56.5. The number of fused-ring (bicyclic) bond motifs is 1. The Morgan fingerprint density at radius 3 is 2.36 bits per heavy atom. The van der Waals surface area contributed by atoms with Gasteiger partial charge in [-0.3, -0.25) is 14.2 Å². The summed E-state index contributed by atoms with van der Waals surface area (Å²) in [6.45, 7) is 5.94. The maximum Gasteiger partial charge on any atom is 0.391 e. The predicted octanol–water partition coefficient (Wildman–Crippen LogP) is 7.82. The lowest BCUT2D eigenvalue weighted by atomic mass is 9.85. The minimum Gasteiger partial charge on any atom is -0.352 e. The van der Waals surface area contributed by atoms with Gasteiger partial charge in [0.15, 0.2) is 11.9 Å². The second kappa shape index (κ2) is 13.7. The average Bonchev–Trinajstić information content (AvgIpc) is 3.31. The van der Waals surface area contributed by atoms with Gasteiger partial charge in [-0.15, -0.1) is 0 Å².